The highest BCUT2D eigenvalue weighted by Crippen LogP contribution is 2.37. The summed E-state index contributed by atoms with van der Waals surface area (Å²) in [5.74, 6) is -0.444. The number of hydrogen-bond acceptors (Lipinski definition) is 3. The number of nitriles is 1. The zero-order valence-electron chi connectivity index (χ0n) is 9.95. The molecule has 0 aliphatic rings. The van der Waals surface area contributed by atoms with E-state index in [1.54, 1.807) is 6.07 Å². The standard InChI is InChI=1S/C14H9BrFNO2/c1-19-13-3-2-9(6-12(13)16)10-4-8(7-17)5-11(15)14(10)18/h2-6,18H,1H3. The van der Waals surface area contributed by atoms with Crippen molar-refractivity contribution in [2.45, 2.75) is 0 Å². The molecule has 0 aliphatic heterocycles. The average Bonchev–Trinajstić information content (AvgIpc) is 2.41. The van der Waals surface area contributed by atoms with Crippen molar-refractivity contribution in [1.29, 1.82) is 5.26 Å². The molecule has 0 fully saturated rings. The van der Waals surface area contributed by atoms with Gasteiger partial charge < -0.3 is 9.84 Å². The van der Waals surface area contributed by atoms with Gasteiger partial charge in [-0.05, 0) is 45.8 Å². The van der Waals surface area contributed by atoms with E-state index in [1.807, 2.05) is 6.07 Å². The first-order valence-corrected chi connectivity index (χ1v) is 6.12. The summed E-state index contributed by atoms with van der Waals surface area (Å²) in [6, 6.07) is 9.32. The fourth-order valence-electron chi connectivity index (χ4n) is 1.72. The molecule has 0 aliphatic carbocycles. The molecule has 0 spiro atoms. The Kier molecular flexibility index (Phi) is 3.72. The molecule has 2 aromatic carbocycles. The fourth-order valence-corrected chi connectivity index (χ4v) is 2.18. The lowest BCUT2D eigenvalue weighted by molar-refractivity contribution is 0.386. The minimum atomic E-state index is -0.530. The molecule has 0 saturated heterocycles. The van der Waals surface area contributed by atoms with Crippen molar-refractivity contribution in [1.82, 2.24) is 0 Å². The lowest BCUT2D eigenvalue weighted by Gasteiger charge is -2.09. The predicted octanol–water partition coefficient (Wildman–Crippen LogP) is 3.84. The molecule has 0 bridgehead atoms. The number of nitrogens with zero attached hydrogens (tertiary/aromatic N) is 1. The minimum Gasteiger partial charge on any atom is -0.506 e. The van der Waals surface area contributed by atoms with Crippen LogP contribution in [-0.4, -0.2) is 12.2 Å². The Morgan fingerprint density at radius 1 is 1.32 bits per heavy atom. The van der Waals surface area contributed by atoms with E-state index in [-0.39, 0.29) is 11.5 Å². The molecule has 5 heteroatoms. The van der Waals surface area contributed by atoms with Crippen molar-refractivity contribution >= 4 is 15.9 Å². The SMILES string of the molecule is COc1ccc(-c2cc(C#N)cc(Br)c2O)cc1F. The average molecular weight is 322 g/mol. The monoisotopic (exact) mass is 321 g/mol. The van der Waals surface area contributed by atoms with Crippen LogP contribution in [0.4, 0.5) is 4.39 Å². The molecule has 2 rings (SSSR count). The van der Waals surface area contributed by atoms with Crippen molar-refractivity contribution in [2.75, 3.05) is 7.11 Å². The van der Waals surface area contributed by atoms with Crippen LogP contribution in [0.1, 0.15) is 5.56 Å². The number of methoxy groups -OCH3 is 1. The Labute approximate surface area is 118 Å². The van der Waals surface area contributed by atoms with Crippen molar-refractivity contribution in [3.8, 4) is 28.7 Å². The second kappa shape index (κ2) is 5.29. The molecule has 0 aromatic heterocycles. The number of rotatable bonds is 2. The maximum absolute atomic E-state index is 13.7. The van der Waals surface area contributed by atoms with Gasteiger partial charge in [-0.2, -0.15) is 5.26 Å². The first-order chi connectivity index (χ1) is 9.06. The molecule has 2 aromatic rings. The van der Waals surface area contributed by atoms with Gasteiger partial charge in [0.05, 0.1) is 23.2 Å². The second-order valence-electron chi connectivity index (χ2n) is 3.82. The summed E-state index contributed by atoms with van der Waals surface area (Å²) >= 11 is 3.16. The van der Waals surface area contributed by atoms with E-state index in [0.717, 1.165) is 0 Å². The maximum Gasteiger partial charge on any atom is 0.165 e. The molecule has 0 unspecified atom stereocenters. The third kappa shape index (κ3) is 2.54. The van der Waals surface area contributed by atoms with Gasteiger partial charge in [-0.25, -0.2) is 4.39 Å². The van der Waals surface area contributed by atoms with Gasteiger partial charge in [-0.15, -0.1) is 0 Å². The van der Waals surface area contributed by atoms with Crippen molar-refractivity contribution in [3.63, 3.8) is 0 Å². The molecule has 96 valence electrons. The van der Waals surface area contributed by atoms with Crippen LogP contribution in [0.15, 0.2) is 34.8 Å². The normalized spacial score (nSPS) is 10.0. The van der Waals surface area contributed by atoms with Crippen LogP contribution in [-0.2, 0) is 0 Å². The quantitative estimate of drug-likeness (QED) is 0.914. The van der Waals surface area contributed by atoms with Crippen LogP contribution < -0.4 is 4.74 Å². The molecule has 0 heterocycles. The van der Waals surface area contributed by atoms with Crippen LogP contribution in [0.3, 0.4) is 0 Å². The van der Waals surface area contributed by atoms with E-state index in [2.05, 4.69) is 15.9 Å². The van der Waals surface area contributed by atoms with Crippen molar-refractivity contribution < 1.29 is 14.2 Å². The lowest BCUT2D eigenvalue weighted by atomic mass is 10.0. The van der Waals surface area contributed by atoms with Gasteiger partial charge in [-0.1, -0.05) is 6.07 Å². The van der Waals surface area contributed by atoms with E-state index in [9.17, 15) is 9.50 Å². The Morgan fingerprint density at radius 3 is 2.63 bits per heavy atom. The number of aromatic hydroxyl groups is 1. The minimum absolute atomic E-state index is 0.0384. The molecule has 19 heavy (non-hydrogen) atoms. The Bertz CT molecular complexity index is 680. The Morgan fingerprint density at radius 2 is 2.05 bits per heavy atom. The Hall–Kier alpha value is -2.06. The van der Waals surface area contributed by atoms with Gasteiger partial charge in [-0.3, -0.25) is 0 Å². The van der Waals surface area contributed by atoms with Crippen LogP contribution in [0.5, 0.6) is 11.5 Å². The van der Waals surface area contributed by atoms with Crippen molar-refractivity contribution in [2.24, 2.45) is 0 Å². The van der Waals surface area contributed by atoms with Crippen LogP contribution in [0, 0.1) is 17.1 Å². The topological polar surface area (TPSA) is 53.2 Å². The van der Waals surface area contributed by atoms with E-state index < -0.39 is 5.82 Å². The molecule has 0 atom stereocenters. The van der Waals surface area contributed by atoms with Gasteiger partial charge in [0.25, 0.3) is 0 Å². The van der Waals surface area contributed by atoms with Gasteiger partial charge in [0, 0.05) is 5.56 Å². The molecule has 1 N–H and O–H groups in total. The largest absolute Gasteiger partial charge is 0.506 e. The van der Waals surface area contributed by atoms with E-state index in [1.165, 1.54) is 31.4 Å². The third-order valence-electron chi connectivity index (χ3n) is 2.66. The number of phenols is 1. The third-order valence-corrected chi connectivity index (χ3v) is 3.26. The van der Waals surface area contributed by atoms with Crippen LogP contribution in [0.25, 0.3) is 11.1 Å². The van der Waals surface area contributed by atoms with E-state index >= 15 is 0 Å². The highest BCUT2D eigenvalue weighted by Gasteiger charge is 2.12. The number of ether oxygens (including phenoxy) is 1. The van der Waals surface area contributed by atoms with Gasteiger partial charge in [0.2, 0.25) is 0 Å². The lowest BCUT2D eigenvalue weighted by Crippen LogP contribution is -1.90. The van der Waals surface area contributed by atoms with Gasteiger partial charge in [0.15, 0.2) is 11.6 Å². The van der Waals surface area contributed by atoms with Crippen LogP contribution >= 0.6 is 15.9 Å². The molecule has 0 saturated carbocycles. The zero-order chi connectivity index (χ0) is 14.0. The summed E-state index contributed by atoms with van der Waals surface area (Å²) in [4.78, 5) is 0. The predicted molar refractivity (Wildman–Crippen MR) is 72.5 cm³/mol. The van der Waals surface area contributed by atoms with Crippen LogP contribution in [0.2, 0.25) is 0 Å². The van der Waals surface area contributed by atoms with E-state index in [0.29, 0.717) is 21.2 Å². The van der Waals surface area contributed by atoms with E-state index in [4.69, 9.17) is 10.00 Å². The second-order valence-corrected chi connectivity index (χ2v) is 4.67. The summed E-state index contributed by atoms with van der Waals surface area (Å²) in [5, 5.41) is 18.9. The highest BCUT2D eigenvalue weighted by molar-refractivity contribution is 9.10. The molecule has 3 nitrogen and oxygen atoms in total. The molecular formula is C14H9BrFNO2. The van der Waals surface area contributed by atoms with Gasteiger partial charge in [0.1, 0.15) is 5.75 Å². The summed E-state index contributed by atoms with van der Waals surface area (Å²) in [6.07, 6.45) is 0. The summed E-state index contributed by atoms with van der Waals surface area (Å²) in [5.41, 5.74) is 1.22. The number of hydrogen-bond donors (Lipinski definition) is 1. The molecular weight excluding hydrogens is 313 g/mol. The first kappa shape index (κ1) is 13.4. The first-order valence-electron chi connectivity index (χ1n) is 5.33. The smallest absolute Gasteiger partial charge is 0.165 e. The Balaban J connectivity index is 2.62. The number of phenolic OH excluding ortho intramolecular Hbond substituents is 1. The van der Waals surface area contributed by atoms with Gasteiger partial charge >= 0.3 is 0 Å². The summed E-state index contributed by atoms with van der Waals surface area (Å²) in [7, 11) is 1.38. The number of halogens is 2. The summed E-state index contributed by atoms with van der Waals surface area (Å²) < 4.78 is 18.9. The maximum atomic E-state index is 13.7. The number of benzene rings is 2. The molecule has 0 amide bonds. The fraction of sp³-hybridized carbons (Fsp3) is 0.0714. The zero-order valence-corrected chi connectivity index (χ0v) is 11.5. The highest BCUT2D eigenvalue weighted by atomic mass is 79.9. The summed E-state index contributed by atoms with van der Waals surface area (Å²) in [6.45, 7) is 0. The van der Waals surface area contributed by atoms with Crippen molar-refractivity contribution in [3.05, 3.63) is 46.2 Å². The molecule has 0 radical (unpaired) electrons.